The molecule has 0 saturated carbocycles. The highest BCUT2D eigenvalue weighted by Crippen LogP contribution is 2.34. The van der Waals surface area contributed by atoms with E-state index in [1.807, 2.05) is 5.92 Å². The minimum atomic E-state index is -1.21. The van der Waals surface area contributed by atoms with Gasteiger partial charge in [0, 0.05) is 18.4 Å². The molecule has 17 heavy (non-hydrogen) atoms. The van der Waals surface area contributed by atoms with E-state index in [9.17, 15) is 9.59 Å². The monoisotopic (exact) mass is 360 g/mol. The van der Waals surface area contributed by atoms with Crippen LogP contribution in [0.5, 0.6) is 5.75 Å². The largest absolute Gasteiger partial charge is 0.472 e. The fourth-order valence-electron chi connectivity index (χ4n) is 0.999. The first-order chi connectivity index (χ1) is 7.90. The van der Waals surface area contributed by atoms with E-state index in [1.54, 1.807) is 12.1 Å². The second-order valence-corrected chi connectivity index (χ2v) is 4.63. The third kappa shape index (κ3) is 4.21. The van der Waals surface area contributed by atoms with Crippen molar-refractivity contribution in [3.63, 3.8) is 0 Å². The second kappa shape index (κ2) is 5.84. The Kier molecular flexibility index (Phi) is 4.73. The van der Waals surface area contributed by atoms with Gasteiger partial charge < -0.3 is 9.84 Å². The SMILES string of the molecule is CC(=O)Oc1c(Br)cc(C#CC(=O)O)cc1Br. The maximum absolute atomic E-state index is 10.8. The third-order valence-electron chi connectivity index (χ3n) is 1.56. The van der Waals surface area contributed by atoms with E-state index in [0.717, 1.165) is 0 Å². The van der Waals surface area contributed by atoms with Crippen LogP contribution in [0, 0.1) is 11.8 Å². The van der Waals surface area contributed by atoms with E-state index < -0.39 is 11.9 Å². The summed E-state index contributed by atoms with van der Waals surface area (Å²) < 4.78 is 5.98. The summed E-state index contributed by atoms with van der Waals surface area (Å²) in [6, 6.07) is 3.14. The molecule has 0 amide bonds. The minimum Gasteiger partial charge on any atom is -0.472 e. The summed E-state index contributed by atoms with van der Waals surface area (Å²) in [5.74, 6) is 3.13. The van der Waals surface area contributed by atoms with Gasteiger partial charge in [-0.3, -0.25) is 4.79 Å². The van der Waals surface area contributed by atoms with Crippen LogP contribution in [0.1, 0.15) is 12.5 Å². The Morgan fingerprint density at radius 2 is 1.82 bits per heavy atom. The molecule has 6 heteroatoms. The average molecular weight is 362 g/mol. The zero-order valence-corrected chi connectivity index (χ0v) is 11.8. The van der Waals surface area contributed by atoms with Crippen molar-refractivity contribution in [2.45, 2.75) is 6.92 Å². The number of hydrogen-bond acceptors (Lipinski definition) is 3. The zero-order valence-electron chi connectivity index (χ0n) is 8.58. The van der Waals surface area contributed by atoms with Crippen LogP contribution in [-0.2, 0) is 9.59 Å². The minimum absolute atomic E-state index is 0.332. The second-order valence-electron chi connectivity index (χ2n) is 2.92. The van der Waals surface area contributed by atoms with Crippen LogP contribution in [0.15, 0.2) is 21.1 Å². The van der Waals surface area contributed by atoms with Gasteiger partial charge in [-0.05, 0) is 44.0 Å². The molecule has 0 aliphatic rings. The molecule has 0 saturated heterocycles. The van der Waals surface area contributed by atoms with Gasteiger partial charge in [0.2, 0.25) is 0 Å². The lowest BCUT2D eigenvalue weighted by atomic mass is 10.2. The van der Waals surface area contributed by atoms with E-state index in [1.165, 1.54) is 6.92 Å². The summed E-state index contributed by atoms with van der Waals surface area (Å²) in [7, 11) is 0. The normalized spacial score (nSPS) is 9.12. The molecule has 0 unspecified atom stereocenters. The van der Waals surface area contributed by atoms with Gasteiger partial charge in [0.1, 0.15) is 0 Å². The summed E-state index contributed by atoms with van der Waals surface area (Å²) in [6.07, 6.45) is 0. The zero-order chi connectivity index (χ0) is 13.0. The molecule has 1 aromatic carbocycles. The Morgan fingerprint density at radius 1 is 1.29 bits per heavy atom. The fourth-order valence-corrected chi connectivity index (χ4v) is 2.35. The number of esters is 1. The molecule has 1 N–H and O–H groups in total. The highest BCUT2D eigenvalue weighted by Gasteiger charge is 2.10. The number of halogens is 2. The average Bonchev–Trinajstić information content (AvgIpc) is 2.20. The Bertz CT molecular complexity index is 517. The van der Waals surface area contributed by atoms with E-state index >= 15 is 0 Å². The quantitative estimate of drug-likeness (QED) is 0.474. The topological polar surface area (TPSA) is 63.6 Å². The molecule has 0 aromatic heterocycles. The first-order valence-electron chi connectivity index (χ1n) is 4.32. The van der Waals surface area contributed by atoms with Gasteiger partial charge in [-0.2, -0.15) is 0 Å². The summed E-state index contributed by atoms with van der Waals surface area (Å²) in [6.45, 7) is 1.29. The predicted octanol–water partition coefficient (Wildman–Crippen LogP) is 2.57. The lowest BCUT2D eigenvalue weighted by Crippen LogP contribution is -2.02. The Morgan fingerprint density at radius 3 is 2.24 bits per heavy atom. The van der Waals surface area contributed by atoms with Gasteiger partial charge in [0.25, 0.3) is 0 Å². The van der Waals surface area contributed by atoms with E-state index in [-0.39, 0.29) is 0 Å². The van der Waals surface area contributed by atoms with Gasteiger partial charge in [0.15, 0.2) is 5.75 Å². The molecule has 0 spiro atoms. The number of carbonyl (C=O) groups excluding carboxylic acids is 1. The van der Waals surface area contributed by atoms with Crippen molar-refractivity contribution in [2.24, 2.45) is 0 Å². The van der Waals surface area contributed by atoms with Crippen molar-refractivity contribution < 1.29 is 19.4 Å². The van der Waals surface area contributed by atoms with Crippen molar-refractivity contribution in [2.75, 3.05) is 0 Å². The summed E-state index contributed by atoms with van der Waals surface area (Å²) >= 11 is 6.42. The summed E-state index contributed by atoms with van der Waals surface area (Å²) in [4.78, 5) is 21.1. The molecule has 0 atom stereocenters. The van der Waals surface area contributed by atoms with Crippen LogP contribution in [0.4, 0.5) is 0 Å². The Balaban J connectivity index is 3.15. The van der Waals surface area contributed by atoms with Crippen molar-refractivity contribution in [1.29, 1.82) is 0 Å². The van der Waals surface area contributed by atoms with Crippen LogP contribution < -0.4 is 4.74 Å². The molecule has 0 bridgehead atoms. The lowest BCUT2D eigenvalue weighted by Gasteiger charge is -2.07. The number of rotatable bonds is 1. The lowest BCUT2D eigenvalue weighted by molar-refractivity contribution is -0.132. The third-order valence-corrected chi connectivity index (χ3v) is 2.74. The standard InChI is InChI=1S/C11H6Br2O4/c1-6(14)17-11-8(12)4-7(5-9(11)13)2-3-10(15)16/h4-5H,1H3,(H,15,16). The number of carboxylic acids is 1. The van der Waals surface area contributed by atoms with Gasteiger partial charge in [0.05, 0.1) is 8.95 Å². The summed E-state index contributed by atoms with van der Waals surface area (Å²) in [5, 5.41) is 8.42. The van der Waals surface area contributed by atoms with Crippen LogP contribution in [-0.4, -0.2) is 17.0 Å². The van der Waals surface area contributed by atoms with Crippen LogP contribution in [0.25, 0.3) is 0 Å². The number of carbonyl (C=O) groups is 2. The molecular weight excluding hydrogens is 356 g/mol. The number of ether oxygens (including phenoxy) is 1. The van der Waals surface area contributed by atoms with Crippen molar-refractivity contribution >= 4 is 43.8 Å². The Hall–Kier alpha value is -1.32. The molecular formula is C11H6Br2O4. The van der Waals surface area contributed by atoms with Gasteiger partial charge in [-0.25, -0.2) is 4.79 Å². The highest BCUT2D eigenvalue weighted by atomic mass is 79.9. The maximum atomic E-state index is 10.8. The molecule has 0 heterocycles. The van der Waals surface area contributed by atoms with Crippen LogP contribution in [0.3, 0.4) is 0 Å². The van der Waals surface area contributed by atoms with E-state index in [0.29, 0.717) is 20.3 Å². The van der Waals surface area contributed by atoms with E-state index in [2.05, 4.69) is 37.8 Å². The molecule has 88 valence electrons. The smallest absolute Gasteiger partial charge is 0.382 e. The van der Waals surface area contributed by atoms with Gasteiger partial charge in [-0.15, -0.1) is 0 Å². The summed E-state index contributed by atoms with van der Waals surface area (Å²) in [5.41, 5.74) is 0.488. The molecule has 1 rings (SSSR count). The van der Waals surface area contributed by atoms with Crippen LogP contribution >= 0.6 is 31.9 Å². The number of benzene rings is 1. The van der Waals surface area contributed by atoms with Crippen LogP contribution in [0.2, 0.25) is 0 Å². The fraction of sp³-hybridized carbons (Fsp3) is 0.0909. The molecule has 0 aliphatic carbocycles. The molecule has 0 aliphatic heterocycles. The Labute approximate surface area is 114 Å². The number of aliphatic carboxylic acids is 1. The first kappa shape index (κ1) is 13.7. The van der Waals surface area contributed by atoms with Crippen molar-refractivity contribution in [3.05, 3.63) is 26.6 Å². The molecule has 0 radical (unpaired) electrons. The number of hydrogen-bond donors (Lipinski definition) is 1. The van der Waals surface area contributed by atoms with Crippen molar-refractivity contribution in [3.8, 4) is 17.6 Å². The van der Waals surface area contributed by atoms with Gasteiger partial charge in [-0.1, -0.05) is 5.92 Å². The van der Waals surface area contributed by atoms with Gasteiger partial charge >= 0.3 is 11.9 Å². The highest BCUT2D eigenvalue weighted by molar-refractivity contribution is 9.11. The maximum Gasteiger partial charge on any atom is 0.382 e. The predicted molar refractivity (Wildman–Crippen MR) is 67.7 cm³/mol. The van der Waals surface area contributed by atoms with E-state index in [4.69, 9.17) is 9.84 Å². The van der Waals surface area contributed by atoms with Crippen molar-refractivity contribution in [1.82, 2.24) is 0 Å². The number of carboxylic acid groups (broad SMARTS) is 1. The first-order valence-corrected chi connectivity index (χ1v) is 5.91. The molecule has 4 nitrogen and oxygen atoms in total. The molecule has 0 fully saturated rings. The molecule has 1 aromatic rings.